The average molecular weight is 613 g/mol. The largest absolute Gasteiger partial charge is 0.494 e. The first kappa shape index (κ1) is 29.6. The summed E-state index contributed by atoms with van der Waals surface area (Å²) in [5.74, 6) is 0.0699. The van der Waals surface area contributed by atoms with Crippen molar-refractivity contribution in [1.82, 2.24) is 10.3 Å². The van der Waals surface area contributed by atoms with Gasteiger partial charge in [-0.3, -0.25) is 14.4 Å². The standard InChI is InChI=1S/C32H28N4O5S2/c1-3-40-24-13-16-26-28(19-24)43-32(35-26)36-29(37)20(2)42-25-14-11-22(12-15-25)33-31(39)27(18-23-10-7-17-41-23)34-30(38)21-8-5-4-6-9-21/h4-20H,3H2,1-2H3,(H,33,39)(H,34,38)(H,35,36,37)/b27-18-. The fraction of sp³-hybridized carbons (Fsp3) is 0.125. The Morgan fingerprint density at radius 1 is 1.00 bits per heavy atom. The van der Waals surface area contributed by atoms with E-state index in [-0.39, 0.29) is 11.6 Å². The lowest BCUT2D eigenvalue weighted by Gasteiger charge is -2.12. The Hall–Kier alpha value is -4.87. The summed E-state index contributed by atoms with van der Waals surface area (Å²) in [4.78, 5) is 44.1. The molecule has 5 rings (SSSR count). The number of anilines is 2. The van der Waals surface area contributed by atoms with Crippen molar-refractivity contribution in [2.75, 3.05) is 17.2 Å². The zero-order chi connectivity index (χ0) is 30.2. The van der Waals surface area contributed by atoms with Gasteiger partial charge in [0.2, 0.25) is 5.91 Å². The van der Waals surface area contributed by atoms with Crippen LogP contribution in [0.2, 0.25) is 0 Å². The van der Waals surface area contributed by atoms with Crippen molar-refractivity contribution < 1.29 is 23.5 Å². The molecular formula is C32H28N4O5S2. The van der Waals surface area contributed by atoms with Gasteiger partial charge in [0.25, 0.3) is 11.8 Å². The molecular weight excluding hydrogens is 585 g/mol. The number of benzene rings is 3. The molecule has 218 valence electrons. The van der Waals surface area contributed by atoms with Gasteiger partial charge < -0.3 is 25.1 Å². The molecule has 0 fully saturated rings. The molecule has 9 nitrogen and oxygen atoms in total. The molecule has 0 saturated heterocycles. The Bertz CT molecular complexity index is 1750. The lowest BCUT2D eigenvalue weighted by atomic mass is 10.2. The molecule has 2 aromatic heterocycles. The Morgan fingerprint density at radius 3 is 2.51 bits per heavy atom. The predicted octanol–water partition coefficient (Wildman–Crippen LogP) is 6.82. The number of aromatic nitrogens is 1. The van der Waals surface area contributed by atoms with E-state index in [9.17, 15) is 14.4 Å². The van der Waals surface area contributed by atoms with Crippen molar-refractivity contribution in [3.05, 3.63) is 108 Å². The van der Waals surface area contributed by atoms with Gasteiger partial charge in [0, 0.05) is 22.2 Å². The van der Waals surface area contributed by atoms with Gasteiger partial charge in [-0.2, -0.15) is 0 Å². The summed E-state index contributed by atoms with van der Waals surface area (Å²) in [6.45, 7) is 4.32. The van der Waals surface area contributed by atoms with E-state index in [1.54, 1.807) is 54.6 Å². The number of fused-ring (bicyclic) bond motifs is 1. The molecule has 3 N–H and O–H groups in total. The van der Waals surface area contributed by atoms with Gasteiger partial charge in [-0.1, -0.05) is 29.5 Å². The average Bonchev–Trinajstić information content (AvgIpc) is 3.67. The fourth-order valence-electron chi connectivity index (χ4n) is 3.95. The monoisotopic (exact) mass is 612 g/mol. The molecule has 0 aliphatic rings. The van der Waals surface area contributed by atoms with Gasteiger partial charge in [0.1, 0.15) is 17.2 Å². The molecule has 0 bridgehead atoms. The molecule has 0 saturated carbocycles. The van der Waals surface area contributed by atoms with Crippen molar-refractivity contribution in [1.29, 1.82) is 0 Å². The first-order chi connectivity index (χ1) is 20.9. The van der Waals surface area contributed by atoms with Crippen LogP contribution in [0.5, 0.6) is 5.75 Å². The van der Waals surface area contributed by atoms with E-state index in [0.29, 0.717) is 28.7 Å². The molecule has 3 amide bonds. The molecule has 43 heavy (non-hydrogen) atoms. The minimum atomic E-state index is -0.516. The van der Waals surface area contributed by atoms with Crippen LogP contribution in [0.3, 0.4) is 0 Å². The molecule has 11 heteroatoms. The number of furan rings is 1. The molecule has 5 aromatic rings. The summed E-state index contributed by atoms with van der Waals surface area (Å²) in [6.07, 6.45) is 2.94. The zero-order valence-electron chi connectivity index (χ0n) is 23.3. The van der Waals surface area contributed by atoms with Crippen molar-refractivity contribution in [2.24, 2.45) is 0 Å². The number of carbonyl (C=O) groups is 3. The second-order valence-electron chi connectivity index (χ2n) is 9.20. The number of carbonyl (C=O) groups excluding carboxylic acids is 3. The zero-order valence-corrected chi connectivity index (χ0v) is 25.0. The second-order valence-corrected chi connectivity index (χ2v) is 11.6. The van der Waals surface area contributed by atoms with Crippen LogP contribution in [0.15, 0.2) is 106 Å². The number of amides is 3. The molecule has 1 atom stereocenters. The van der Waals surface area contributed by atoms with Crippen LogP contribution in [0, 0.1) is 0 Å². The van der Waals surface area contributed by atoms with Gasteiger partial charge in [-0.05, 0) is 80.6 Å². The molecule has 0 spiro atoms. The highest BCUT2D eigenvalue weighted by Crippen LogP contribution is 2.31. The third kappa shape index (κ3) is 7.91. The van der Waals surface area contributed by atoms with Crippen molar-refractivity contribution >= 4 is 67.9 Å². The SMILES string of the molecule is CCOc1ccc2nc(NC(=O)C(C)Sc3ccc(NC(=O)/C(=C/c4ccco4)NC(=O)c4ccccc4)cc3)sc2c1. The summed E-state index contributed by atoms with van der Waals surface area (Å²) >= 11 is 2.77. The second kappa shape index (κ2) is 13.9. The van der Waals surface area contributed by atoms with Crippen LogP contribution in [0.1, 0.15) is 30.0 Å². The van der Waals surface area contributed by atoms with Crippen LogP contribution < -0.4 is 20.7 Å². The molecule has 2 heterocycles. The minimum Gasteiger partial charge on any atom is -0.494 e. The molecule has 0 aliphatic carbocycles. The third-order valence-corrected chi connectivity index (χ3v) is 8.10. The maximum absolute atomic E-state index is 13.1. The number of thioether (sulfide) groups is 1. The molecule has 0 radical (unpaired) electrons. The molecule has 3 aromatic carbocycles. The van der Waals surface area contributed by atoms with Gasteiger partial charge in [0.05, 0.1) is 28.3 Å². The highest BCUT2D eigenvalue weighted by Gasteiger charge is 2.18. The summed E-state index contributed by atoms with van der Waals surface area (Å²) < 4.78 is 11.8. The fourth-order valence-corrected chi connectivity index (χ4v) is 5.72. The van der Waals surface area contributed by atoms with Crippen LogP contribution in [0.4, 0.5) is 10.8 Å². The van der Waals surface area contributed by atoms with E-state index in [4.69, 9.17) is 9.15 Å². The number of rotatable bonds is 11. The molecule has 0 aliphatic heterocycles. The maximum Gasteiger partial charge on any atom is 0.272 e. The number of hydrogen-bond acceptors (Lipinski definition) is 8. The Balaban J connectivity index is 1.20. The number of nitrogens with one attached hydrogen (secondary N) is 3. The summed E-state index contributed by atoms with van der Waals surface area (Å²) in [5, 5.41) is 8.50. The van der Waals surface area contributed by atoms with E-state index in [1.807, 2.05) is 44.2 Å². The van der Waals surface area contributed by atoms with Gasteiger partial charge >= 0.3 is 0 Å². The summed E-state index contributed by atoms with van der Waals surface area (Å²) in [5.41, 5.74) is 1.76. The summed E-state index contributed by atoms with van der Waals surface area (Å²) in [6, 6.07) is 24.7. The van der Waals surface area contributed by atoms with E-state index in [2.05, 4.69) is 20.9 Å². The van der Waals surface area contributed by atoms with Crippen LogP contribution in [-0.2, 0) is 9.59 Å². The van der Waals surface area contributed by atoms with Crippen molar-refractivity contribution in [3.63, 3.8) is 0 Å². The predicted molar refractivity (Wildman–Crippen MR) is 170 cm³/mol. The van der Waals surface area contributed by atoms with E-state index in [0.717, 1.165) is 20.9 Å². The van der Waals surface area contributed by atoms with E-state index >= 15 is 0 Å². The van der Waals surface area contributed by atoms with Crippen molar-refractivity contribution in [2.45, 2.75) is 24.0 Å². The Labute approximate surface area is 256 Å². The van der Waals surface area contributed by atoms with Gasteiger partial charge in [-0.25, -0.2) is 4.98 Å². The number of hydrogen-bond donors (Lipinski definition) is 3. The first-order valence-electron chi connectivity index (χ1n) is 13.4. The van der Waals surface area contributed by atoms with Crippen LogP contribution >= 0.6 is 23.1 Å². The summed E-state index contributed by atoms with van der Waals surface area (Å²) in [7, 11) is 0. The molecule has 1 unspecified atom stereocenters. The Kier molecular flexibility index (Phi) is 9.55. The highest BCUT2D eigenvalue weighted by molar-refractivity contribution is 8.00. The number of thiazole rings is 1. The maximum atomic E-state index is 13.1. The Morgan fingerprint density at radius 2 is 1.79 bits per heavy atom. The normalized spacial score (nSPS) is 12.0. The van der Waals surface area contributed by atoms with Crippen LogP contribution in [-0.4, -0.2) is 34.6 Å². The van der Waals surface area contributed by atoms with Gasteiger partial charge in [-0.15, -0.1) is 11.8 Å². The van der Waals surface area contributed by atoms with Crippen LogP contribution in [0.25, 0.3) is 16.3 Å². The first-order valence-corrected chi connectivity index (χ1v) is 15.1. The smallest absolute Gasteiger partial charge is 0.272 e. The highest BCUT2D eigenvalue weighted by atomic mass is 32.2. The lowest BCUT2D eigenvalue weighted by molar-refractivity contribution is -0.115. The van der Waals surface area contributed by atoms with Gasteiger partial charge in [0.15, 0.2) is 5.13 Å². The quantitative estimate of drug-likeness (QED) is 0.111. The lowest BCUT2D eigenvalue weighted by Crippen LogP contribution is -2.30. The van der Waals surface area contributed by atoms with E-state index < -0.39 is 17.1 Å². The number of ether oxygens (including phenoxy) is 1. The third-order valence-electron chi connectivity index (χ3n) is 6.05. The van der Waals surface area contributed by atoms with Crippen molar-refractivity contribution in [3.8, 4) is 5.75 Å². The topological polar surface area (TPSA) is 123 Å². The minimum absolute atomic E-state index is 0.0245. The number of nitrogens with zero attached hydrogens (tertiary/aromatic N) is 1. The van der Waals surface area contributed by atoms with E-state index in [1.165, 1.54) is 35.4 Å².